The summed E-state index contributed by atoms with van der Waals surface area (Å²) in [6, 6.07) is 7.76. The molecule has 1 heterocycles. The molecule has 0 saturated carbocycles. The van der Waals surface area contributed by atoms with E-state index in [1.807, 2.05) is 6.92 Å². The fourth-order valence-corrected chi connectivity index (χ4v) is 1.49. The van der Waals surface area contributed by atoms with Crippen LogP contribution in [0, 0.1) is 24.1 Å². The van der Waals surface area contributed by atoms with Gasteiger partial charge in [0.15, 0.2) is 0 Å². The van der Waals surface area contributed by atoms with Crippen molar-refractivity contribution in [1.29, 1.82) is 5.26 Å². The lowest BCUT2D eigenvalue weighted by atomic mass is 10.2. The zero-order valence-electron chi connectivity index (χ0n) is 9.44. The normalized spacial score (nSPS) is 10.0. The molecule has 17 heavy (non-hydrogen) atoms. The number of ether oxygens (including phenoxy) is 1. The minimum Gasteiger partial charge on any atom is -0.438 e. The minimum atomic E-state index is -0.594. The number of benzene rings is 1. The molecule has 4 nitrogen and oxygen atoms in total. The Bertz CT molecular complexity index is 598. The van der Waals surface area contributed by atoms with Gasteiger partial charge in [-0.25, -0.2) is 9.07 Å². The van der Waals surface area contributed by atoms with Crippen molar-refractivity contribution in [3.63, 3.8) is 0 Å². The second kappa shape index (κ2) is 4.26. The van der Waals surface area contributed by atoms with E-state index in [1.54, 1.807) is 25.2 Å². The summed E-state index contributed by atoms with van der Waals surface area (Å²) in [5.41, 5.74) is 0.684. The highest BCUT2D eigenvalue weighted by Crippen LogP contribution is 2.26. The van der Waals surface area contributed by atoms with Crippen molar-refractivity contribution in [3.05, 3.63) is 41.3 Å². The average Bonchev–Trinajstić information content (AvgIpc) is 2.58. The predicted octanol–water partition coefficient (Wildman–Crippen LogP) is 2.53. The lowest BCUT2D eigenvalue weighted by molar-refractivity contribution is 0.425. The van der Waals surface area contributed by atoms with Crippen molar-refractivity contribution in [2.45, 2.75) is 6.92 Å². The van der Waals surface area contributed by atoms with Gasteiger partial charge >= 0.3 is 0 Å². The summed E-state index contributed by atoms with van der Waals surface area (Å²) in [5, 5.41) is 13.0. The molecule has 0 N–H and O–H groups in total. The van der Waals surface area contributed by atoms with Crippen LogP contribution < -0.4 is 4.74 Å². The smallest absolute Gasteiger partial charge is 0.217 e. The molecule has 0 fully saturated rings. The number of rotatable bonds is 2. The van der Waals surface area contributed by atoms with E-state index in [-0.39, 0.29) is 11.3 Å². The maximum absolute atomic E-state index is 13.3. The molecule has 0 bridgehead atoms. The SMILES string of the molecule is Cc1cc(Oc2cccc(F)c2C#N)n(C)n1. The van der Waals surface area contributed by atoms with Crippen molar-refractivity contribution in [3.8, 4) is 17.7 Å². The quantitative estimate of drug-likeness (QED) is 0.798. The second-order valence-corrected chi connectivity index (χ2v) is 3.57. The third kappa shape index (κ3) is 2.11. The van der Waals surface area contributed by atoms with Gasteiger partial charge in [0.2, 0.25) is 5.88 Å². The summed E-state index contributed by atoms with van der Waals surface area (Å²) in [5.74, 6) is 0.0593. The molecule has 0 radical (unpaired) electrons. The molecule has 1 aromatic carbocycles. The summed E-state index contributed by atoms with van der Waals surface area (Å²) >= 11 is 0. The van der Waals surface area contributed by atoms with Crippen LogP contribution in [0.15, 0.2) is 24.3 Å². The van der Waals surface area contributed by atoms with Crippen molar-refractivity contribution < 1.29 is 9.13 Å². The largest absolute Gasteiger partial charge is 0.438 e. The summed E-state index contributed by atoms with van der Waals surface area (Å²) in [4.78, 5) is 0. The average molecular weight is 231 g/mol. The van der Waals surface area contributed by atoms with Gasteiger partial charge in [0, 0.05) is 13.1 Å². The topological polar surface area (TPSA) is 50.8 Å². The Morgan fingerprint density at radius 1 is 1.47 bits per heavy atom. The molecule has 5 heteroatoms. The molecule has 0 saturated heterocycles. The monoisotopic (exact) mass is 231 g/mol. The Morgan fingerprint density at radius 3 is 2.82 bits per heavy atom. The zero-order chi connectivity index (χ0) is 12.4. The van der Waals surface area contributed by atoms with E-state index in [1.165, 1.54) is 16.8 Å². The molecule has 1 aromatic heterocycles. The van der Waals surface area contributed by atoms with Gasteiger partial charge in [-0.05, 0) is 19.1 Å². The molecular formula is C12H10FN3O. The van der Waals surface area contributed by atoms with Crippen LogP contribution in [0.25, 0.3) is 0 Å². The first kappa shape index (κ1) is 11.1. The highest BCUT2D eigenvalue weighted by Gasteiger charge is 2.11. The Kier molecular flexibility index (Phi) is 2.79. The van der Waals surface area contributed by atoms with Gasteiger partial charge in [-0.2, -0.15) is 10.4 Å². The first-order valence-electron chi connectivity index (χ1n) is 4.99. The van der Waals surface area contributed by atoms with Gasteiger partial charge < -0.3 is 4.74 Å². The summed E-state index contributed by atoms with van der Waals surface area (Å²) < 4.78 is 20.3. The fourth-order valence-electron chi connectivity index (χ4n) is 1.49. The molecule has 0 aliphatic carbocycles. The number of halogens is 1. The number of aryl methyl sites for hydroxylation is 2. The van der Waals surface area contributed by atoms with Crippen molar-refractivity contribution in [2.75, 3.05) is 0 Å². The Labute approximate surface area is 97.9 Å². The molecule has 0 aliphatic heterocycles. The van der Waals surface area contributed by atoms with Crippen LogP contribution in [0.1, 0.15) is 11.3 Å². The first-order valence-corrected chi connectivity index (χ1v) is 4.99. The lowest BCUT2D eigenvalue weighted by Crippen LogP contribution is -1.97. The summed E-state index contributed by atoms with van der Waals surface area (Å²) in [7, 11) is 1.72. The van der Waals surface area contributed by atoms with Gasteiger partial charge in [0.25, 0.3) is 0 Å². The van der Waals surface area contributed by atoms with Crippen LogP contribution in [-0.4, -0.2) is 9.78 Å². The van der Waals surface area contributed by atoms with E-state index in [2.05, 4.69) is 5.10 Å². The summed E-state index contributed by atoms with van der Waals surface area (Å²) in [6.07, 6.45) is 0. The van der Waals surface area contributed by atoms with E-state index >= 15 is 0 Å². The van der Waals surface area contributed by atoms with Gasteiger partial charge in [0.05, 0.1) is 5.69 Å². The lowest BCUT2D eigenvalue weighted by Gasteiger charge is -2.07. The molecule has 2 aromatic rings. The van der Waals surface area contributed by atoms with Crippen molar-refractivity contribution in [2.24, 2.45) is 7.05 Å². The molecule has 2 rings (SSSR count). The van der Waals surface area contributed by atoms with Crippen LogP contribution in [0.2, 0.25) is 0 Å². The van der Waals surface area contributed by atoms with Crippen LogP contribution >= 0.6 is 0 Å². The van der Waals surface area contributed by atoms with Crippen molar-refractivity contribution in [1.82, 2.24) is 9.78 Å². The predicted molar refractivity (Wildman–Crippen MR) is 59.1 cm³/mol. The third-order valence-electron chi connectivity index (χ3n) is 2.26. The summed E-state index contributed by atoms with van der Waals surface area (Å²) in [6.45, 7) is 1.82. The standard InChI is InChI=1S/C12H10FN3O/c1-8-6-12(16(2)15-8)17-11-5-3-4-10(13)9(11)7-14/h3-6H,1-2H3. The fraction of sp³-hybridized carbons (Fsp3) is 0.167. The molecule has 0 atom stereocenters. The van der Waals surface area contributed by atoms with Gasteiger partial charge in [-0.1, -0.05) is 6.07 Å². The van der Waals surface area contributed by atoms with Crippen LogP contribution in [0.4, 0.5) is 4.39 Å². The highest BCUT2D eigenvalue weighted by molar-refractivity contribution is 5.45. The molecule has 0 unspecified atom stereocenters. The highest BCUT2D eigenvalue weighted by atomic mass is 19.1. The number of nitrogens with zero attached hydrogens (tertiary/aromatic N) is 3. The maximum Gasteiger partial charge on any atom is 0.217 e. The molecule has 0 spiro atoms. The number of hydrogen-bond donors (Lipinski definition) is 0. The van der Waals surface area contributed by atoms with E-state index in [0.29, 0.717) is 5.88 Å². The molecule has 0 amide bonds. The minimum absolute atomic E-state index is 0.105. The molecular weight excluding hydrogens is 221 g/mol. The van der Waals surface area contributed by atoms with E-state index in [9.17, 15) is 4.39 Å². The van der Waals surface area contributed by atoms with E-state index < -0.39 is 5.82 Å². The Hall–Kier alpha value is -2.35. The maximum atomic E-state index is 13.3. The van der Waals surface area contributed by atoms with Gasteiger partial charge in [-0.3, -0.25) is 0 Å². The molecule has 0 aliphatic rings. The van der Waals surface area contributed by atoms with E-state index in [0.717, 1.165) is 5.69 Å². The number of nitriles is 1. The van der Waals surface area contributed by atoms with Crippen LogP contribution in [-0.2, 0) is 7.05 Å². The number of hydrogen-bond acceptors (Lipinski definition) is 3. The van der Waals surface area contributed by atoms with E-state index in [4.69, 9.17) is 10.00 Å². The van der Waals surface area contributed by atoms with Gasteiger partial charge in [-0.15, -0.1) is 0 Å². The first-order chi connectivity index (χ1) is 8.11. The van der Waals surface area contributed by atoms with Crippen LogP contribution in [0.5, 0.6) is 11.6 Å². The van der Waals surface area contributed by atoms with Crippen LogP contribution in [0.3, 0.4) is 0 Å². The second-order valence-electron chi connectivity index (χ2n) is 3.57. The third-order valence-corrected chi connectivity index (χ3v) is 2.26. The van der Waals surface area contributed by atoms with Crippen molar-refractivity contribution >= 4 is 0 Å². The zero-order valence-corrected chi connectivity index (χ0v) is 9.44. The Morgan fingerprint density at radius 2 is 2.24 bits per heavy atom. The molecule has 86 valence electrons. The Balaban J connectivity index is 2.40. The van der Waals surface area contributed by atoms with Gasteiger partial charge in [0.1, 0.15) is 23.2 Å². The number of aromatic nitrogens is 2.